The van der Waals surface area contributed by atoms with Crippen molar-refractivity contribution in [2.75, 3.05) is 26.4 Å². The van der Waals surface area contributed by atoms with Crippen molar-refractivity contribution < 1.29 is 9.47 Å². The lowest BCUT2D eigenvalue weighted by Crippen LogP contribution is -2.61. The van der Waals surface area contributed by atoms with Crippen LogP contribution in [0.2, 0.25) is 0 Å². The smallest absolute Gasteiger partial charge is 0.0964 e. The van der Waals surface area contributed by atoms with Crippen LogP contribution in [0.5, 0.6) is 0 Å². The lowest BCUT2D eigenvalue weighted by atomic mass is 9.95. The number of fused-ring (bicyclic) bond motifs is 1. The van der Waals surface area contributed by atoms with E-state index in [4.69, 9.17) is 9.47 Å². The SMILES string of the molecule is CC(C)(C)N1CCOC2COCCC21. The van der Waals surface area contributed by atoms with Crippen molar-refractivity contribution in [1.29, 1.82) is 0 Å². The van der Waals surface area contributed by atoms with Gasteiger partial charge in [-0.15, -0.1) is 0 Å². The maximum atomic E-state index is 5.74. The Morgan fingerprint density at radius 3 is 2.71 bits per heavy atom. The minimum atomic E-state index is 0.254. The van der Waals surface area contributed by atoms with Crippen LogP contribution in [0.3, 0.4) is 0 Å². The van der Waals surface area contributed by atoms with Crippen molar-refractivity contribution in [1.82, 2.24) is 4.90 Å². The zero-order chi connectivity index (χ0) is 10.2. The van der Waals surface area contributed by atoms with E-state index in [1.807, 2.05) is 0 Å². The molecule has 0 aliphatic carbocycles. The van der Waals surface area contributed by atoms with Crippen LogP contribution in [0, 0.1) is 0 Å². The first kappa shape index (κ1) is 10.4. The van der Waals surface area contributed by atoms with Crippen molar-refractivity contribution in [2.24, 2.45) is 0 Å². The van der Waals surface area contributed by atoms with E-state index in [1.165, 1.54) is 0 Å². The Morgan fingerprint density at radius 2 is 2.00 bits per heavy atom. The summed E-state index contributed by atoms with van der Waals surface area (Å²) in [5.41, 5.74) is 0.254. The molecule has 0 radical (unpaired) electrons. The Bertz CT molecular complexity index is 198. The Morgan fingerprint density at radius 1 is 1.21 bits per heavy atom. The topological polar surface area (TPSA) is 21.7 Å². The first-order valence-electron chi connectivity index (χ1n) is 5.55. The highest BCUT2D eigenvalue weighted by Gasteiger charge is 2.39. The summed E-state index contributed by atoms with van der Waals surface area (Å²) in [4.78, 5) is 2.57. The Hall–Kier alpha value is -0.120. The van der Waals surface area contributed by atoms with E-state index in [-0.39, 0.29) is 5.54 Å². The average molecular weight is 199 g/mol. The van der Waals surface area contributed by atoms with Crippen molar-refractivity contribution in [3.8, 4) is 0 Å². The Labute approximate surface area is 86.4 Å². The number of morpholine rings is 1. The number of hydrogen-bond acceptors (Lipinski definition) is 3. The second-order valence-corrected chi connectivity index (χ2v) is 5.20. The normalized spacial score (nSPS) is 35.4. The number of nitrogens with zero attached hydrogens (tertiary/aromatic N) is 1. The molecule has 2 atom stereocenters. The molecule has 2 fully saturated rings. The summed E-state index contributed by atoms with van der Waals surface area (Å²) in [5.74, 6) is 0. The summed E-state index contributed by atoms with van der Waals surface area (Å²) >= 11 is 0. The molecule has 0 N–H and O–H groups in total. The van der Waals surface area contributed by atoms with E-state index >= 15 is 0 Å². The minimum absolute atomic E-state index is 0.254. The van der Waals surface area contributed by atoms with Crippen molar-refractivity contribution in [3.05, 3.63) is 0 Å². The van der Waals surface area contributed by atoms with Crippen molar-refractivity contribution >= 4 is 0 Å². The summed E-state index contributed by atoms with van der Waals surface area (Å²) in [6, 6.07) is 0.567. The molecule has 0 amide bonds. The van der Waals surface area contributed by atoms with Gasteiger partial charge < -0.3 is 9.47 Å². The van der Waals surface area contributed by atoms with Crippen LogP contribution in [0.15, 0.2) is 0 Å². The molecule has 2 heterocycles. The molecule has 0 aromatic rings. The molecule has 14 heavy (non-hydrogen) atoms. The monoisotopic (exact) mass is 199 g/mol. The highest BCUT2D eigenvalue weighted by molar-refractivity contribution is 4.92. The largest absolute Gasteiger partial charge is 0.379 e. The fourth-order valence-corrected chi connectivity index (χ4v) is 2.52. The third-order valence-corrected chi connectivity index (χ3v) is 3.20. The Balaban J connectivity index is 2.09. The van der Waals surface area contributed by atoms with Gasteiger partial charge in [0.15, 0.2) is 0 Å². The third-order valence-electron chi connectivity index (χ3n) is 3.20. The number of hydrogen-bond donors (Lipinski definition) is 0. The molecule has 2 aliphatic rings. The first-order valence-corrected chi connectivity index (χ1v) is 5.55. The van der Waals surface area contributed by atoms with E-state index in [1.54, 1.807) is 0 Å². The fourth-order valence-electron chi connectivity index (χ4n) is 2.52. The zero-order valence-corrected chi connectivity index (χ0v) is 9.45. The molecule has 0 aromatic heterocycles. The van der Waals surface area contributed by atoms with Crippen molar-refractivity contribution in [3.63, 3.8) is 0 Å². The van der Waals surface area contributed by atoms with Crippen LogP contribution in [0.4, 0.5) is 0 Å². The summed E-state index contributed by atoms with van der Waals surface area (Å²) < 4.78 is 11.2. The first-order chi connectivity index (χ1) is 6.59. The predicted molar refractivity (Wildman–Crippen MR) is 55.4 cm³/mol. The van der Waals surface area contributed by atoms with E-state index in [2.05, 4.69) is 25.7 Å². The van der Waals surface area contributed by atoms with Gasteiger partial charge in [-0.2, -0.15) is 0 Å². The van der Waals surface area contributed by atoms with E-state index in [0.29, 0.717) is 12.1 Å². The molecular formula is C11H21NO2. The molecule has 82 valence electrons. The van der Waals surface area contributed by atoms with E-state index in [0.717, 1.165) is 32.8 Å². The molecule has 3 nitrogen and oxygen atoms in total. The summed E-state index contributed by atoms with van der Waals surface area (Å²) in [5, 5.41) is 0. The van der Waals surface area contributed by atoms with Crippen molar-refractivity contribution in [2.45, 2.75) is 44.9 Å². The number of rotatable bonds is 0. The minimum Gasteiger partial charge on any atom is -0.379 e. The third kappa shape index (κ3) is 1.95. The van der Waals surface area contributed by atoms with Crippen LogP contribution < -0.4 is 0 Å². The standard InChI is InChI=1S/C11H21NO2/c1-11(2,3)12-5-7-14-10-8-13-6-4-9(10)12/h9-10H,4-8H2,1-3H3. The average Bonchev–Trinajstić information content (AvgIpc) is 2.15. The molecule has 2 rings (SSSR count). The molecule has 0 bridgehead atoms. The lowest BCUT2D eigenvalue weighted by molar-refractivity contribution is -0.155. The molecule has 0 spiro atoms. The molecule has 0 saturated carbocycles. The van der Waals surface area contributed by atoms with Gasteiger partial charge in [-0.05, 0) is 27.2 Å². The maximum absolute atomic E-state index is 5.74. The van der Waals surface area contributed by atoms with Gasteiger partial charge in [-0.1, -0.05) is 0 Å². The van der Waals surface area contributed by atoms with Gasteiger partial charge in [0, 0.05) is 24.7 Å². The molecular weight excluding hydrogens is 178 g/mol. The highest BCUT2D eigenvalue weighted by Crippen LogP contribution is 2.27. The molecule has 2 aliphatic heterocycles. The van der Waals surface area contributed by atoms with E-state index < -0.39 is 0 Å². The Kier molecular flexibility index (Phi) is 2.82. The van der Waals surface area contributed by atoms with Crippen LogP contribution in [-0.2, 0) is 9.47 Å². The number of ether oxygens (including phenoxy) is 2. The fraction of sp³-hybridized carbons (Fsp3) is 1.00. The lowest BCUT2D eigenvalue weighted by Gasteiger charge is -2.49. The summed E-state index contributed by atoms with van der Waals surface area (Å²) in [6.45, 7) is 10.4. The molecule has 0 aromatic carbocycles. The zero-order valence-electron chi connectivity index (χ0n) is 9.45. The quantitative estimate of drug-likeness (QED) is 0.586. The second kappa shape index (κ2) is 3.80. The van der Waals surface area contributed by atoms with Gasteiger partial charge in [0.2, 0.25) is 0 Å². The second-order valence-electron chi connectivity index (χ2n) is 5.20. The summed E-state index contributed by atoms with van der Waals surface area (Å²) in [6.07, 6.45) is 1.42. The molecule has 2 unspecified atom stereocenters. The van der Waals surface area contributed by atoms with Gasteiger partial charge >= 0.3 is 0 Å². The van der Waals surface area contributed by atoms with Gasteiger partial charge in [0.1, 0.15) is 0 Å². The van der Waals surface area contributed by atoms with Gasteiger partial charge in [-0.3, -0.25) is 4.90 Å². The van der Waals surface area contributed by atoms with Crippen LogP contribution in [0.1, 0.15) is 27.2 Å². The van der Waals surface area contributed by atoms with Crippen LogP contribution in [-0.4, -0.2) is 49.0 Å². The van der Waals surface area contributed by atoms with Gasteiger partial charge in [0.25, 0.3) is 0 Å². The van der Waals surface area contributed by atoms with Gasteiger partial charge in [-0.25, -0.2) is 0 Å². The summed E-state index contributed by atoms with van der Waals surface area (Å²) in [7, 11) is 0. The highest BCUT2D eigenvalue weighted by atomic mass is 16.5. The predicted octanol–water partition coefficient (Wildman–Crippen LogP) is 1.27. The molecule has 2 saturated heterocycles. The van der Waals surface area contributed by atoms with Crippen LogP contribution >= 0.6 is 0 Å². The van der Waals surface area contributed by atoms with Crippen LogP contribution in [0.25, 0.3) is 0 Å². The molecule has 3 heteroatoms. The maximum Gasteiger partial charge on any atom is 0.0964 e. The van der Waals surface area contributed by atoms with E-state index in [9.17, 15) is 0 Å². The van der Waals surface area contributed by atoms with Gasteiger partial charge in [0.05, 0.1) is 19.3 Å².